The third-order valence-electron chi connectivity index (χ3n) is 7.99. The van der Waals surface area contributed by atoms with Gasteiger partial charge in [0, 0.05) is 61.3 Å². The van der Waals surface area contributed by atoms with Crippen LogP contribution in [0.25, 0.3) is 0 Å². The van der Waals surface area contributed by atoms with E-state index in [1.54, 1.807) is 6.92 Å². The highest BCUT2D eigenvalue weighted by molar-refractivity contribution is 5.94. The van der Waals surface area contributed by atoms with E-state index in [2.05, 4.69) is 82.0 Å². The van der Waals surface area contributed by atoms with Gasteiger partial charge in [0.05, 0.1) is 19.4 Å². The van der Waals surface area contributed by atoms with Crippen molar-refractivity contribution < 1.29 is 9.53 Å². The third kappa shape index (κ3) is 3.92. The van der Waals surface area contributed by atoms with Crippen LogP contribution in [0.15, 0.2) is 54.1 Å². The van der Waals surface area contributed by atoms with Crippen LogP contribution in [0.2, 0.25) is 0 Å². The van der Waals surface area contributed by atoms with E-state index in [9.17, 15) is 4.79 Å². The van der Waals surface area contributed by atoms with Crippen LogP contribution < -0.4 is 14.5 Å². The van der Waals surface area contributed by atoms with Crippen LogP contribution in [0.3, 0.4) is 0 Å². The van der Waals surface area contributed by atoms with Crippen molar-refractivity contribution in [3.8, 4) is 5.75 Å². The van der Waals surface area contributed by atoms with Crippen molar-refractivity contribution in [1.82, 2.24) is 14.9 Å². The Labute approximate surface area is 208 Å². The first kappa shape index (κ1) is 22.6. The van der Waals surface area contributed by atoms with Gasteiger partial charge in [0.15, 0.2) is 5.78 Å². The third-order valence-corrected chi connectivity index (χ3v) is 7.99. The van der Waals surface area contributed by atoms with E-state index in [1.807, 2.05) is 12.1 Å². The molecule has 0 spiro atoms. The number of anilines is 2. The Morgan fingerprint density at radius 1 is 0.943 bits per heavy atom. The number of ether oxygens (including phenoxy) is 1. The summed E-state index contributed by atoms with van der Waals surface area (Å²) in [6.07, 6.45) is 2.36. The van der Waals surface area contributed by atoms with E-state index in [1.165, 1.54) is 16.8 Å². The van der Waals surface area contributed by atoms with Crippen molar-refractivity contribution in [3.63, 3.8) is 0 Å². The van der Waals surface area contributed by atoms with Crippen molar-refractivity contribution in [2.75, 3.05) is 62.9 Å². The van der Waals surface area contributed by atoms with Crippen molar-refractivity contribution >= 4 is 17.2 Å². The number of nitrogens with zero attached hydrogens (tertiary/aromatic N) is 5. The van der Waals surface area contributed by atoms with Gasteiger partial charge in [0.2, 0.25) is 0 Å². The van der Waals surface area contributed by atoms with Gasteiger partial charge in [-0.2, -0.15) is 0 Å². The zero-order valence-corrected chi connectivity index (χ0v) is 21.2. The van der Waals surface area contributed by atoms with Gasteiger partial charge < -0.3 is 19.4 Å². The van der Waals surface area contributed by atoms with Crippen LogP contribution in [0.1, 0.15) is 42.7 Å². The van der Waals surface area contributed by atoms with E-state index in [0.717, 1.165) is 63.1 Å². The molecule has 0 N–H and O–H groups in total. The Bertz CT molecular complexity index is 1170. The number of carbonyl (C=O) groups excluding carboxylic acids is 1. The Morgan fingerprint density at radius 3 is 2.37 bits per heavy atom. The normalized spacial score (nSPS) is 24.3. The summed E-state index contributed by atoms with van der Waals surface area (Å²) in [7, 11) is 2.19. The number of benzene rings is 2. The predicted octanol–water partition coefficient (Wildman–Crippen LogP) is 3.75. The molecule has 0 aromatic heterocycles. The number of hydrazine groups is 1. The van der Waals surface area contributed by atoms with Gasteiger partial charge in [0.1, 0.15) is 11.4 Å². The first-order chi connectivity index (χ1) is 16.8. The lowest BCUT2D eigenvalue weighted by Gasteiger charge is -2.48. The Morgan fingerprint density at radius 2 is 1.66 bits per heavy atom. The lowest BCUT2D eigenvalue weighted by atomic mass is 9.82. The molecule has 2 aromatic rings. The highest BCUT2D eigenvalue weighted by atomic mass is 16.5. The number of Topliss-reactive ketones (excluding diaryl/α,β-unsaturated/α-hetero) is 1. The maximum Gasteiger partial charge on any atom is 0.159 e. The number of piperazine rings is 1. The molecule has 7 heteroatoms. The molecule has 35 heavy (non-hydrogen) atoms. The van der Waals surface area contributed by atoms with Crippen LogP contribution in [-0.4, -0.2) is 79.4 Å². The molecule has 0 bridgehead atoms. The summed E-state index contributed by atoms with van der Waals surface area (Å²) < 4.78 is 6.64. The molecule has 184 valence electrons. The average Bonchev–Trinajstić information content (AvgIpc) is 3.28. The summed E-state index contributed by atoms with van der Waals surface area (Å²) in [5.74, 6) is 1.10. The molecule has 0 radical (unpaired) electrons. The van der Waals surface area contributed by atoms with E-state index < -0.39 is 0 Å². The van der Waals surface area contributed by atoms with Gasteiger partial charge in [-0.3, -0.25) is 4.79 Å². The molecular formula is C28H35N5O2. The number of rotatable bonds is 3. The standard InChI is InChI=1S/C28H35N5O2/c1-20(34)21-5-7-22(8-6-21)31-18-32-12-11-25-27(33(32)19-31)24-10-9-23(17-26(24)35-28(25,2)3)30-15-13-29(4)14-16-30/h5-11,17,27H,12-16,18-19H2,1-4H3. The second-order valence-corrected chi connectivity index (χ2v) is 10.7. The molecule has 2 saturated heterocycles. The summed E-state index contributed by atoms with van der Waals surface area (Å²) in [6, 6.07) is 15.0. The van der Waals surface area contributed by atoms with Gasteiger partial charge >= 0.3 is 0 Å². The van der Waals surface area contributed by atoms with Crippen LogP contribution in [-0.2, 0) is 0 Å². The number of hydrogen-bond acceptors (Lipinski definition) is 7. The fourth-order valence-corrected chi connectivity index (χ4v) is 5.88. The molecule has 0 amide bonds. The fraction of sp³-hybridized carbons (Fsp3) is 0.464. The smallest absolute Gasteiger partial charge is 0.159 e. The molecule has 0 aliphatic carbocycles. The molecule has 2 aromatic carbocycles. The first-order valence-corrected chi connectivity index (χ1v) is 12.6. The Hall–Kier alpha value is -2.87. The number of fused-ring (bicyclic) bond motifs is 5. The van der Waals surface area contributed by atoms with Gasteiger partial charge in [-0.05, 0) is 63.7 Å². The Kier molecular flexibility index (Phi) is 5.40. The first-order valence-electron chi connectivity index (χ1n) is 12.6. The second-order valence-electron chi connectivity index (χ2n) is 10.7. The number of carbonyl (C=O) groups is 1. The largest absolute Gasteiger partial charge is 0.483 e. The van der Waals surface area contributed by atoms with E-state index in [-0.39, 0.29) is 17.4 Å². The lowest BCUT2D eigenvalue weighted by Crippen LogP contribution is -2.51. The van der Waals surface area contributed by atoms with Crippen molar-refractivity contribution in [2.45, 2.75) is 32.4 Å². The number of hydrogen-bond donors (Lipinski definition) is 0. The zero-order valence-electron chi connectivity index (χ0n) is 21.2. The van der Waals surface area contributed by atoms with Crippen molar-refractivity contribution in [2.24, 2.45) is 0 Å². The van der Waals surface area contributed by atoms with Crippen LogP contribution in [0.5, 0.6) is 5.75 Å². The van der Waals surface area contributed by atoms with Crippen molar-refractivity contribution in [3.05, 3.63) is 65.2 Å². The van der Waals surface area contributed by atoms with Crippen molar-refractivity contribution in [1.29, 1.82) is 0 Å². The molecule has 1 unspecified atom stereocenters. The topological polar surface area (TPSA) is 42.5 Å². The maximum absolute atomic E-state index is 11.7. The summed E-state index contributed by atoms with van der Waals surface area (Å²) in [4.78, 5) is 18.9. The summed E-state index contributed by atoms with van der Waals surface area (Å²) >= 11 is 0. The van der Waals surface area contributed by atoms with Gasteiger partial charge in [-0.1, -0.05) is 12.1 Å². The van der Waals surface area contributed by atoms with E-state index >= 15 is 0 Å². The maximum atomic E-state index is 11.7. The fourth-order valence-electron chi connectivity index (χ4n) is 5.88. The van der Waals surface area contributed by atoms with Gasteiger partial charge in [-0.25, -0.2) is 10.0 Å². The molecular weight excluding hydrogens is 438 g/mol. The van der Waals surface area contributed by atoms with E-state index in [4.69, 9.17) is 4.74 Å². The lowest BCUT2D eigenvalue weighted by molar-refractivity contribution is -0.0296. The van der Waals surface area contributed by atoms with Crippen LogP contribution >= 0.6 is 0 Å². The minimum Gasteiger partial charge on any atom is -0.483 e. The molecule has 4 aliphatic rings. The Balaban J connectivity index is 1.30. The molecule has 6 rings (SSSR count). The van der Waals surface area contributed by atoms with E-state index in [0.29, 0.717) is 0 Å². The van der Waals surface area contributed by atoms with Crippen LogP contribution in [0.4, 0.5) is 11.4 Å². The molecule has 2 fully saturated rings. The SMILES string of the molecule is CC(=O)c1ccc(N2CN3CC=C4C(c5ccc(N6CCN(C)CC6)cc5OC4(C)C)N3C2)cc1. The minimum atomic E-state index is -0.360. The second kappa shape index (κ2) is 8.36. The predicted molar refractivity (Wildman–Crippen MR) is 139 cm³/mol. The van der Waals surface area contributed by atoms with Crippen LogP contribution in [0, 0.1) is 0 Å². The minimum absolute atomic E-state index is 0.102. The summed E-state index contributed by atoms with van der Waals surface area (Å²) in [6.45, 7) is 12.8. The highest BCUT2D eigenvalue weighted by Crippen LogP contribution is 2.50. The van der Waals surface area contributed by atoms with Gasteiger partial charge in [0.25, 0.3) is 0 Å². The summed E-state index contributed by atoms with van der Waals surface area (Å²) in [5, 5.41) is 4.92. The zero-order chi connectivity index (χ0) is 24.3. The van der Waals surface area contributed by atoms with Gasteiger partial charge in [-0.15, -0.1) is 0 Å². The average molecular weight is 474 g/mol. The monoisotopic (exact) mass is 473 g/mol. The highest BCUT2D eigenvalue weighted by Gasteiger charge is 2.47. The molecule has 1 atom stereocenters. The number of likely N-dealkylation sites (N-methyl/N-ethyl adjacent to an activating group) is 1. The molecule has 7 nitrogen and oxygen atoms in total. The summed E-state index contributed by atoms with van der Waals surface area (Å²) in [5.41, 5.74) is 5.37. The number of ketones is 1. The quantitative estimate of drug-likeness (QED) is 0.497. The molecule has 4 aliphatic heterocycles. The molecule has 4 heterocycles. The molecule has 0 saturated carbocycles.